The number of hydrogen-bond donors (Lipinski definition) is 1. The van der Waals surface area contributed by atoms with E-state index in [-0.39, 0.29) is 18.8 Å². The number of aliphatic hydroxyl groups excluding tert-OH is 1. The third-order valence-electron chi connectivity index (χ3n) is 3.29. The molecule has 0 aromatic carbocycles. The van der Waals surface area contributed by atoms with Gasteiger partial charge >= 0.3 is 0 Å². The van der Waals surface area contributed by atoms with Crippen molar-refractivity contribution in [3.63, 3.8) is 0 Å². The fraction of sp³-hybridized carbons (Fsp3) is 0.857. The van der Waals surface area contributed by atoms with Crippen LogP contribution in [0.2, 0.25) is 0 Å². The molecule has 0 aromatic rings. The maximum Gasteiger partial charge on any atom is 0.164 e. The van der Waals surface area contributed by atoms with Gasteiger partial charge in [-0.05, 0) is 45.4 Å². The van der Waals surface area contributed by atoms with E-state index < -0.39 is 23.8 Å². The van der Waals surface area contributed by atoms with Gasteiger partial charge in [-0.1, -0.05) is 0 Å². The number of rotatable bonds is 3. The van der Waals surface area contributed by atoms with E-state index in [1.165, 1.54) is 0 Å². The van der Waals surface area contributed by atoms with E-state index in [0.29, 0.717) is 0 Å². The predicted molar refractivity (Wildman–Crippen MR) is 77.4 cm³/mol. The molecular weight excluding hydrogens is 280 g/mol. The highest BCUT2D eigenvalue weighted by atomic mass is 32.2. The summed E-state index contributed by atoms with van der Waals surface area (Å²) < 4.78 is 23.1. The van der Waals surface area contributed by atoms with Crippen LogP contribution in [0.4, 0.5) is 0 Å². The number of ether oxygens (including phenoxy) is 4. The molecule has 4 atom stereocenters. The van der Waals surface area contributed by atoms with Crippen LogP contribution in [0.15, 0.2) is 11.5 Å². The third-order valence-corrected chi connectivity index (χ3v) is 3.72. The summed E-state index contributed by atoms with van der Waals surface area (Å²) in [6.45, 7) is 7.63. The van der Waals surface area contributed by atoms with Crippen molar-refractivity contribution in [2.24, 2.45) is 0 Å². The molecule has 2 heterocycles. The van der Waals surface area contributed by atoms with Gasteiger partial charge < -0.3 is 24.1 Å². The molecule has 0 spiro atoms. The molecule has 0 amide bonds. The van der Waals surface area contributed by atoms with Crippen molar-refractivity contribution in [2.45, 2.75) is 63.7 Å². The molecular formula is C14H24O5S. The fourth-order valence-corrected chi connectivity index (χ4v) is 2.80. The Morgan fingerprint density at radius 2 is 1.70 bits per heavy atom. The Hall–Kier alpha value is -0.110. The smallest absolute Gasteiger partial charge is 0.164 e. The summed E-state index contributed by atoms with van der Waals surface area (Å²) >= 11 is 1.59. The highest BCUT2D eigenvalue weighted by Gasteiger charge is 2.50. The minimum Gasteiger partial charge on any atom is -0.388 e. The average molecular weight is 304 g/mol. The number of hydrogen-bond acceptors (Lipinski definition) is 6. The first kappa shape index (κ1) is 16.3. The summed E-state index contributed by atoms with van der Waals surface area (Å²) in [5.74, 6) is -1.42. The molecule has 2 aliphatic rings. The van der Waals surface area contributed by atoms with Gasteiger partial charge in [0.15, 0.2) is 11.6 Å². The van der Waals surface area contributed by atoms with E-state index >= 15 is 0 Å². The van der Waals surface area contributed by atoms with Crippen LogP contribution in [0.1, 0.15) is 27.7 Å². The van der Waals surface area contributed by atoms with Crippen molar-refractivity contribution in [3.8, 4) is 0 Å². The highest BCUT2D eigenvalue weighted by molar-refractivity contribution is 8.01. The van der Waals surface area contributed by atoms with Crippen LogP contribution >= 0.6 is 11.8 Å². The van der Waals surface area contributed by atoms with E-state index in [9.17, 15) is 5.11 Å². The van der Waals surface area contributed by atoms with Gasteiger partial charge in [-0.3, -0.25) is 0 Å². The zero-order valence-corrected chi connectivity index (χ0v) is 13.5. The Kier molecular flexibility index (Phi) is 4.83. The van der Waals surface area contributed by atoms with Crippen LogP contribution in [-0.4, -0.2) is 54.0 Å². The Labute approximate surface area is 124 Å². The van der Waals surface area contributed by atoms with Gasteiger partial charge in [0.05, 0.1) is 6.61 Å². The first-order chi connectivity index (χ1) is 9.24. The third kappa shape index (κ3) is 3.75. The lowest BCUT2D eigenvalue weighted by atomic mass is 10.0. The molecule has 0 aliphatic carbocycles. The van der Waals surface area contributed by atoms with Crippen LogP contribution in [0.5, 0.6) is 0 Å². The molecule has 0 radical (unpaired) electrons. The Morgan fingerprint density at radius 3 is 2.35 bits per heavy atom. The number of thioether (sulfide) groups is 1. The molecule has 0 bridgehead atoms. The van der Waals surface area contributed by atoms with E-state index in [4.69, 9.17) is 18.9 Å². The summed E-state index contributed by atoms with van der Waals surface area (Å²) in [5, 5.41) is 12.1. The average Bonchev–Trinajstić information content (AvgIpc) is 2.65. The maximum absolute atomic E-state index is 10.2. The van der Waals surface area contributed by atoms with Crippen LogP contribution < -0.4 is 0 Å². The van der Waals surface area contributed by atoms with Crippen LogP contribution in [-0.2, 0) is 18.9 Å². The lowest BCUT2D eigenvalue weighted by Gasteiger charge is -2.41. The van der Waals surface area contributed by atoms with E-state index in [0.717, 1.165) is 0 Å². The minimum atomic E-state index is -0.728. The lowest BCUT2D eigenvalue weighted by molar-refractivity contribution is -0.322. The molecule has 2 saturated heterocycles. The molecule has 0 unspecified atom stereocenters. The second-order valence-electron chi connectivity index (χ2n) is 5.99. The van der Waals surface area contributed by atoms with Crippen LogP contribution in [0, 0.1) is 0 Å². The molecule has 0 aromatic heterocycles. The van der Waals surface area contributed by atoms with Gasteiger partial charge in [0.2, 0.25) is 0 Å². The molecule has 20 heavy (non-hydrogen) atoms. The van der Waals surface area contributed by atoms with Gasteiger partial charge in [0.25, 0.3) is 0 Å². The highest BCUT2D eigenvalue weighted by Crippen LogP contribution is 2.36. The van der Waals surface area contributed by atoms with Gasteiger partial charge in [0.1, 0.15) is 24.4 Å². The fourth-order valence-electron chi connectivity index (χ4n) is 2.48. The summed E-state index contributed by atoms with van der Waals surface area (Å²) in [6.07, 6.45) is 2.13. The molecule has 5 nitrogen and oxygen atoms in total. The second-order valence-corrected chi connectivity index (χ2v) is 6.73. The van der Waals surface area contributed by atoms with Crippen molar-refractivity contribution in [1.82, 2.24) is 0 Å². The lowest BCUT2D eigenvalue weighted by Crippen LogP contribution is -2.55. The van der Waals surface area contributed by atoms with E-state index in [1.807, 2.05) is 45.4 Å². The quantitative estimate of drug-likeness (QED) is 0.859. The predicted octanol–water partition coefficient (Wildman–Crippen LogP) is 1.90. The molecule has 116 valence electrons. The molecule has 0 saturated carbocycles. The largest absolute Gasteiger partial charge is 0.388 e. The molecule has 2 rings (SSSR count). The van der Waals surface area contributed by atoms with Crippen LogP contribution in [0.3, 0.4) is 0 Å². The summed E-state index contributed by atoms with van der Waals surface area (Å²) in [7, 11) is 0. The SMILES string of the molecule is CS/C=C/[C@@H]1OC(C)(C)O[C@H]1[C@@H]1OC(C)(C)OC[C@H]1O. The Bertz CT molecular complexity index is 369. The van der Waals surface area contributed by atoms with Crippen molar-refractivity contribution < 1.29 is 24.1 Å². The Morgan fingerprint density at radius 1 is 1.05 bits per heavy atom. The van der Waals surface area contributed by atoms with Crippen molar-refractivity contribution in [2.75, 3.05) is 12.9 Å². The molecule has 6 heteroatoms. The normalized spacial score (nSPS) is 40.3. The summed E-state index contributed by atoms with van der Waals surface area (Å²) in [4.78, 5) is 0. The monoisotopic (exact) mass is 304 g/mol. The zero-order valence-electron chi connectivity index (χ0n) is 12.7. The summed E-state index contributed by atoms with van der Waals surface area (Å²) in [6, 6.07) is 0. The zero-order chi connectivity index (χ0) is 15.0. The first-order valence-corrected chi connectivity index (χ1v) is 8.08. The van der Waals surface area contributed by atoms with Gasteiger partial charge in [-0.2, -0.15) is 0 Å². The van der Waals surface area contributed by atoms with Crippen molar-refractivity contribution in [1.29, 1.82) is 0 Å². The van der Waals surface area contributed by atoms with E-state index in [2.05, 4.69) is 0 Å². The molecule has 1 N–H and O–H groups in total. The topological polar surface area (TPSA) is 57.2 Å². The van der Waals surface area contributed by atoms with Crippen molar-refractivity contribution >= 4 is 11.8 Å². The second kappa shape index (κ2) is 5.94. The molecule has 2 fully saturated rings. The van der Waals surface area contributed by atoms with E-state index in [1.54, 1.807) is 11.8 Å². The standard InChI is InChI=1S/C14H24O5S/c1-13(2)16-8-9(15)11(18-13)12-10(6-7-20-5)17-14(3,4)19-12/h6-7,9-12,15H,8H2,1-5H3/b7-6+/t9-,10+,11-,12-/m1/s1. The van der Waals surface area contributed by atoms with Gasteiger partial charge in [-0.25, -0.2) is 0 Å². The minimum absolute atomic E-state index is 0.233. The van der Waals surface area contributed by atoms with Gasteiger partial charge in [-0.15, -0.1) is 11.8 Å². The molecule has 2 aliphatic heterocycles. The van der Waals surface area contributed by atoms with Crippen LogP contribution in [0.25, 0.3) is 0 Å². The summed E-state index contributed by atoms with van der Waals surface area (Å²) in [5.41, 5.74) is 0. The number of aliphatic hydroxyl groups is 1. The maximum atomic E-state index is 10.2. The Balaban J connectivity index is 2.17. The first-order valence-electron chi connectivity index (χ1n) is 6.79. The van der Waals surface area contributed by atoms with Crippen molar-refractivity contribution in [3.05, 3.63) is 11.5 Å². The van der Waals surface area contributed by atoms with Gasteiger partial charge in [0, 0.05) is 0 Å².